The normalized spacial score (nSPS) is 23.2. The topological polar surface area (TPSA) is 36.7 Å². The second kappa shape index (κ2) is 7.26. The summed E-state index contributed by atoms with van der Waals surface area (Å²) in [6.45, 7) is 3.29. The highest BCUT2D eigenvalue weighted by atomic mass is 32.2. The lowest BCUT2D eigenvalue weighted by atomic mass is 10.0. The number of pyridine rings is 1. The monoisotopic (exact) mass is 403 g/mol. The first kappa shape index (κ1) is 18.3. The van der Waals surface area contributed by atoms with E-state index in [0.717, 1.165) is 17.4 Å². The summed E-state index contributed by atoms with van der Waals surface area (Å²) in [5, 5.41) is 1.71. The molecule has 2 aromatic heterocycles. The molecule has 1 saturated heterocycles. The van der Waals surface area contributed by atoms with Gasteiger partial charge in [-0.1, -0.05) is 24.8 Å². The average molecular weight is 404 g/mol. The van der Waals surface area contributed by atoms with Crippen molar-refractivity contribution in [1.29, 1.82) is 0 Å². The van der Waals surface area contributed by atoms with Crippen LogP contribution < -0.4 is 4.90 Å². The van der Waals surface area contributed by atoms with E-state index >= 15 is 0 Å². The highest BCUT2D eigenvalue weighted by Crippen LogP contribution is 2.47. The first-order chi connectivity index (χ1) is 14.1. The van der Waals surface area contributed by atoms with Gasteiger partial charge in [-0.3, -0.25) is 9.98 Å². The van der Waals surface area contributed by atoms with Gasteiger partial charge in [0.2, 0.25) is 0 Å². The van der Waals surface area contributed by atoms with Crippen LogP contribution in [-0.4, -0.2) is 45.5 Å². The zero-order valence-electron chi connectivity index (χ0n) is 16.9. The van der Waals surface area contributed by atoms with Crippen LogP contribution in [-0.2, 0) is 0 Å². The van der Waals surface area contributed by atoms with E-state index in [4.69, 9.17) is 4.99 Å². The molecule has 6 heteroatoms. The number of aliphatic imine (C=N–C) groups is 1. The number of aromatic nitrogens is 2. The highest BCUT2D eigenvalue weighted by molar-refractivity contribution is 8.14. The van der Waals surface area contributed by atoms with E-state index in [1.807, 2.05) is 24.0 Å². The molecule has 5 nitrogen and oxygen atoms in total. The zero-order valence-corrected chi connectivity index (χ0v) is 17.8. The maximum Gasteiger partial charge on any atom is 0.160 e. The zero-order chi connectivity index (χ0) is 20.0. The van der Waals surface area contributed by atoms with E-state index in [1.54, 1.807) is 0 Å². The molecule has 0 bridgehead atoms. The molecule has 148 valence electrons. The lowest BCUT2D eigenvalue weighted by molar-refractivity contribution is 0.312. The second-order valence-corrected chi connectivity index (χ2v) is 9.26. The number of rotatable bonds is 4. The fraction of sp³-hybridized carbons (Fsp3) is 0.304. The van der Waals surface area contributed by atoms with Crippen molar-refractivity contribution in [2.24, 2.45) is 4.99 Å². The van der Waals surface area contributed by atoms with Crippen molar-refractivity contribution >= 4 is 22.6 Å². The van der Waals surface area contributed by atoms with Crippen molar-refractivity contribution < 1.29 is 0 Å². The van der Waals surface area contributed by atoms with Gasteiger partial charge in [0.15, 0.2) is 5.17 Å². The molecule has 3 atom stereocenters. The molecule has 0 N–H and O–H groups in total. The van der Waals surface area contributed by atoms with Gasteiger partial charge in [-0.2, -0.15) is 0 Å². The van der Waals surface area contributed by atoms with E-state index in [-0.39, 0.29) is 12.1 Å². The van der Waals surface area contributed by atoms with Crippen LogP contribution in [0.25, 0.3) is 5.69 Å². The third-order valence-electron chi connectivity index (χ3n) is 5.61. The van der Waals surface area contributed by atoms with Crippen molar-refractivity contribution in [3.05, 3.63) is 78.4 Å². The number of thioether (sulfide) groups is 1. The predicted molar refractivity (Wildman–Crippen MR) is 121 cm³/mol. The van der Waals surface area contributed by atoms with Crippen molar-refractivity contribution in [2.45, 2.75) is 24.3 Å². The number of hydrogen-bond donors (Lipinski definition) is 0. The van der Waals surface area contributed by atoms with Crippen LogP contribution in [0.3, 0.4) is 0 Å². The molecule has 0 aliphatic carbocycles. The number of fused-ring (bicyclic) bond motifs is 1. The summed E-state index contributed by atoms with van der Waals surface area (Å²) in [5.41, 5.74) is 4.66. The van der Waals surface area contributed by atoms with Gasteiger partial charge in [-0.25, -0.2) is 0 Å². The van der Waals surface area contributed by atoms with E-state index in [9.17, 15) is 0 Å². The molecule has 1 aromatic carbocycles. The maximum absolute atomic E-state index is 5.10. The van der Waals surface area contributed by atoms with Gasteiger partial charge in [-0.05, 0) is 48.5 Å². The van der Waals surface area contributed by atoms with E-state index in [1.165, 1.54) is 17.1 Å². The molecule has 0 unspecified atom stereocenters. The Bertz CT molecular complexity index is 1020. The third kappa shape index (κ3) is 3.21. The van der Waals surface area contributed by atoms with Crippen molar-refractivity contribution in [2.75, 3.05) is 25.5 Å². The molecular weight excluding hydrogens is 378 g/mol. The Labute approximate surface area is 176 Å². The molecule has 0 amide bonds. The molecule has 0 saturated carbocycles. The Hall–Kier alpha value is -2.73. The summed E-state index contributed by atoms with van der Waals surface area (Å²) in [5.74, 6) is 0. The minimum atomic E-state index is 0.0147. The standard InChI is InChI=1S/C23H25N5S/c1-16-15-28-22(21(25-23(28)29-16)19-7-4-5-13-24-19)20-8-6-14-27(20)18-11-9-17(10-12-18)26(2)3/h4-14,16,21-22H,15H2,1-3H3/t16-,21-,22-/m0/s1. The minimum Gasteiger partial charge on any atom is -0.378 e. The predicted octanol–water partition coefficient (Wildman–Crippen LogP) is 4.53. The number of benzene rings is 1. The lowest BCUT2D eigenvalue weighted by Gasteiger charge is -2.28. The largest absolute Gasteiger partial charge is 0.378 e. The molecular formula is C23H25N5S. The minimum absolute atomic E-state index is 0.0147. The Morgan fingerprint density at radius 2 is 1.86 bits per heavy atom. The van der Waals surface area contributed by atoms with Crippen LogP contribution >= 0.6 is 11.8 Å². The first-order valence-electron chi connectivity index (χ1n) is 9.99. The van der Waals surface area contributed by atoms with Gasteiger partial charge in [0, 0.05) is 55.4 Å². The number of nitrogens with zero attached hydrogens (tertiary/aromatic N) is 5. The summed E-state index contributed by atoms with van der Waals surface area (Å²) < 4.78 is 2.30. The summed E-state index contributed by atoms with van der Waals surface area (Å²) in [6, 6.07) is 19.4. The fourth-order valence-electron chi connectivity index (χ4n) is 4.22. The van der Waals surface area contributed by atoms with Crippen LogP contribution in [0.5, 0.6) is 0 Å². The summed E-state index contributed by atoms with van der Waals surface area (Å²) in [7, 11) is 4.13. The molecule has 29 heavy (non-hydrogen) atoms. The fourth-order valence-corrected chi connectivity index (χ4v) is 5.31. The van der Waals surface area contributed by atoms with Crippen LogP contribution in [0, 0.1) is 0 Å². The van der Waals surface area contributed by atoms with Crippen LogP contribution in [0.4, 0.5) is 5.69 Å². The summed E-state index contributed by atoms with van der Waals surface area (Å²) >= 11 is 1.88. The smallest absolute Gasteiger partial charge is 0.160 e. The van der Waals surface area contributed by atoms with Gasteiger partial charge in [0.25, 0.3) is 0 Å². The van der Waals surface area contributed by atoms with Crippen LogP contribution in [0.2, 0.25) is 0 Å². The Kier molecular flexibility index (Phi) is 4.59. The second-order valence-electron chi connectivity index (χ2n) is 7.85. The van der Waals surface area contributed by atoms with Gasteiger partial charge in [0.1, 0.15) is 6.04 Å². The van der Waals surface area contributed by atoms with Gasteiger partial charge < -0.3 is 14.4 Å². The number of anilines is 1. The van der Waals surface area contributed by atoms with Crippen LogP contribution in [0.15, 0.2) is 72.0 Å². The molecule has 3 aromatic rings. The average Bonchev–Trinajstić information content (AvgIpc) is 3.42. The lowest BCUT2D eigenvalue weighted by Crippen LogP contribution is -2.30. The Balaban J connectivity index is 1.56. The molecule has 1 fully saturated rings. The molecule has 2 aliphatic rings. The van der Waals surface area contributed by atoms with Gasteiger partial charge in [-0.15, -0.1) is 0 Å². The van der Waals surface area contributed by atoms with Gasteiger partial charge in [0.05, 0.1) is 11.7 Å². The molecule has 0 spiro atoms. The maximum atomic E-state index is 5.10. The summed E-state index contributed by atoms with van der Waals surface area (Å²) in [6.07, 6.45) is 4.02. The molecule has 2 aliphatic heterocycles. The van der Waals surface area contributed by atoms with E-state index < -0.39 is 0 Å². The highest BCUT2D eigenvalue weighted by Gasteiger charge is 2.44. The van der Waals surface area contributed by atoms with Crippen molar-refractivity contribution in [3.8, 4) is 5.69 Å². The Morgan fingerprint density at radius 3 is 2.59 bits per heavy atom. The van der Waals surface area contributed by atoms with E-state index in [0.29, 0.717) is 5.25 Å². The molecule has 0 radical (unpaired) electrons. The number of hydrogen-bond acceptors (Lipinski definition) is 5. The van der Waals surface area contributed by atoms with Crippen LogP contribution in [0.1, 0.15) is 30.4 Å². The molecule has 4 heterocycles. The SMILES string of the molecule is C[C@H]1CN2C(=N[C@@H](c3ccccn3)[C@@H]2c2cccn2-c2ccc(N(C)C)cc2)S1. The number of amidine groups is 1. The quantitative estimate of drug-likeness (QED) is 0.641. The van der Waals surface area contributed by atoms with Crippen molar-refractivity contribution in [3.63, 3.8) is 0 Å². The molecule has 5 rings (SSSR count). The Morgan fingerprint density at radius 1 is 1.03 bits per heavy atom. The third-order valence-corrected chi connectivity index (χ3v) is 6.71. The first-order valence-corrected chi connectivity index (χ1v) is 10.9. The van der Waals surface area contributed by atoms with Gasteiger partial charge >= 0.3 is 0 Å². The van der Waals surface area contributed by atoms with E-state index in [2.05, 4.69) is 95.1 Å². The van der Waals surface area contributed by atoms with Crippen molar-refractivity contribution in [1.82, 2.24) is 14.5 Å². The summed E-state index contributed by atoms with van der Waals surface area (Å²) in [4.78, 5) is 14.3.